The minimum atomic E-state index is -3.00. The average Bonchev–Trinajstić information content (AvgIpc) is 2.41. The molecule has 0 heterocycles. The van der Waals surface area contributed by atoms with Crippen LogP contribution in [0.15, 0.2) is 48.5 Å². The SMILES string of the molecule is Cc1ccc(NCC(F)(F)c2ccccc2)cc1F. The maximum absolute atomic E-state index is 13.9. The molecule has 0 spiro atoms. The molecule has 0 saturated carbocycles. The summed E-state index contributed by atoms with van der Waals surface area (Å²) in [7, 11) is 0. The van der Waals surface area contributed by atoms with E-state index in [4.69, 9.17) is 0 Å². The van der Waals surface area contributed by atoms with Gasteiger partial charge in [-0.2, -0.15) is 8.78 Å². The Balaban J connectivity index is 2.07. The molecule has 4 heteroatoms. The second kappa shape index (κ2) is 5.34. The molecule has 0 aliphatic heterocycles. The highest BCUT2D eigenvalue weighted by atomic mass is 19.3. The van der Waals surface area contributed by atoms with Crippen molar-refractivity contribution in [3.05, 3.63) is 65.5 Å². The van der Waals surface area contributed by atoms with Crippen molar-refractivity contribution in [3.8, 4) is 0 Å². The highest BCUT2D eigenvalue weighted by molar-refractivity contribution is 5.45. The molecule has 0 aliphatic rings. The molecule has 0 bridgehead atoms. The number of aryl methyl sites for hydroxylation is 1. The van der Waals surface area contributed by atoms with E-state index in [1.54, 1.807) is 37.3 Å². The quantitative estimate of drug-likeness (QED) is 0.867. The van der Waals surface area contributed by atoms with Crippen molar-refractivity contribution in [2.45, 2.75) is 12.8 Å². The lowest BCUT2D eigenvalue weighted by molar-refractivity contribution is 0.0106. The highest BCUT2D eigenvalue weighted by Crippen LogP contribution is 2.28. The summed E-state index contributed by atoms with van der Waals surface area (Å²) in [6, 6.07) is 11.9. The molecule has 0 atom stereocenters. The van der Waals surface area contributed by atoms with Gasteiger partial charge in [-0.15, -0.1) is 0 Å². The lowest BCUT2D eigenvalue weighted by atomic mass is 10.1. The summed E-state index contributed by atoms with van der Waals surface area (Å²) in [5.41, 5.74) is 0.772. The van der Waals surface area contributed by atoms with Crippen LogP contribution in [0.1, 0.15) is 11.1 Å². The number of halogens is 3. The summed E-state index contributed by atoms with van der Waals surface area (Å²) < 4.78 is 41.0. The van der Waals surface area contributed by atoms with Gasteiger partial charge in [0.05, 0.1) is 6.54 Å². The van der Waals surface area contributed by atoms with Gasteiger partial charge in [0.15, 0.2) is 0 Å². The minimum absolute atomic E-state index is 0.0601. The summed E-state index contributed by atoms with van der Waals surface area (Å²) >= 11 is 0. The largest absolute Gasteiger partial charge is 0.379 e. The van der Waals surface area contributed by atoms with Gasteiger partial charge in [-0.3, -0.25) is 0 Å². The summed E-state index contributed by atoms with van der Waals surface area (Å²) in [6.07, 6.45) is 0. The van der Waals surface area contributed by atoms with Gasteiger partial charge in [-0.1, -0.05) is 36.4 Å². The monoisotopic (exact) mass is 265 g/mol. The average molecular weight is 265 g/mol. The molecule has 2 aromatic rings. The van der Waals surface area contributed by atoms with Gasteiger partial charge in [0, 0.05) is 11.3 Å². The van der Waals surface area contributed by atoms with Crippen LogP contribution < -0.4 is 5.32 Å². The zero-order valence-corrected chi connectivity index (χ0v) is 10.5. The first-order chi connectivity index (χ1) is 8.99. The molecule has 0 saturated heterocycles. The van der Waals surface area contributed by atoms with E-state index in [1.165, 1.54) is 18.2 Å². The van der Waals surface area contributed by atoms with Crippen LogP contribution in [0.25, 0.3) is 0 Å². The van der Waals surface area contributed by atoms with Crippen molar-refractivity contribution in [3.63, 3.8) is 0 Å². The molecule has 0 fully saturated rings. The Hall–Kier alpha value is -1.97. The summed E-state index contributed by atoms with van der Waals surface area (Å²) in [5, 5.41) is 2.56. The molecular weight excluding hydrogens is 251 g/mol. The highest BCUT2D eigenvalue weighted by Gasteiger charge is 2.30. The van der Waals surface area contributed by atoms with E-state index in [1.807, 2.05) is 0 Å². The van der Waals surface area contributed by atoms with Gasteiger partial charge in [-0.05, 0) is 24.6 Å². The topological polar surface area (TPSA) is 12.0 Å². The molecule has 1 nitrogen and oxygen atoms in total. The molecule has 0 radical (unpaired) electrons. The number of alkyl halides is 2. The van der Waals surface area contributed by atoms with Crippen LogP contribution in [0, 0.1) is 12.7 Å². The molecule has 1 N–H and O–H groups in total. The first-order valence-corrected chi connectivity index (χ1v) is 5.92. The zero-order chi connectivity index (χ0) is 13.9. The molecule has 0 aromatic heterocycles. The lowest BCUT2D eigenvalue weighted by Gasteiger charge is -2.18. The lowest BCUT2D eigenvalue weighted by Crippen LogP contribution is -2.24. The molecule has 2 aromatic carbocycles. The van der Waals surface area contributed by atoms with Crippen molar-refractivity contribution in [2.24, 2.45) is 0 Å². The van der Waals surface area contributed by atoms with E-state index in [0.717, 1.165) is 0 Å². The molecule has 19 heavy (non-hydrogen) atoms. The normalized spacial score (nSPS) is 11.4. The number of anilines is 1. The predicted molar refractivity (Wildman–Crippen MR) is 70.0 cm³/mol. The van der Waals surface area contributed by atoms with E-state index in [9.17, 15) is 13.2 Å². The van der Waals surface area contributed by atoms with Gasteiger partial charge >= 0.3 is 0 Å². The third-order valence-corrected chi connectivity index (χ3v) is 2.88. The number of benzene rings is 2. The number of hydrogen-bond acceptors (Lipinski definition) is 1. The minimum Gasteiger partial charge on any atom is -0.379 e. The van der Waals surface area contributed by atoms with E-state index < -0.39 is 18.3 Å². The van der Waals surface area contributed by atoms with Gasteiger partial charge in [0.2, 0.25) is 0 Å². The number of nitrogens with one attached hydrogen (secondary N) is 1. The van der Waals surface area contributed by atoms with Crippen molar-refractivity contribution in [1.29, 1.82) is 0 Å². The van der Waals surface area contributed by atoms with E-state index >= 15 is 0 Å². The first kappa shape index (κ1) is 13.5. The molecule has 0 aliphatic carbocycles. The Labute approximate surface area is 110 Å². The molecular formula is C15H14F3N. The van der Waals surface area contributed by atoms with Crippen LogP contribution in [0.4, 0.5) is 18.9 Å². The maximum Gasteiger partial charge on any atom is 0.290 e. The van der Waals surface area contributed by atoms with Crippen LogP contribution >= 0.6 is 0 Å². The van der Waals surface area contributed by atoms with E-state index in [-0.39, 0.29) is 5.56 Å². The zero-order valence-electron chi connectivity index (χ0n) is 10.5. The van der Waals surface area contributed by atoms with Crippen LogP contribution in [-0.2, 0) is 5.92 Å². The van der Waals surface area contributed by atoms with Crippen LogP contribution in [0.2, 0.25) is 0 Å². The van der Waals surface area contributed by atoms with Crippen molar-refractivity contribution in [1.82, 2.24) is 0 Å². The maximum atomic E-state index is 13.9. The van der Waals surface area contributed by atoms with E-state index in [2.05, 4.69) is 5.32 Å². The van der Waals surface area contributed by atoms with Crippen LogP contribution in [0.5, 0.6) is 0 Å². The van der Waals surface area contributed by atoms with Crippen LogP contribution in [-0.4, -0.2) is 6.54 Å². The van der Waals surface area contributed by atoms with Crippen molar-refractivity contribution < 1.29 is 13.2 Å². The predicted octanol–water partition coefficient (Wildman–Crippen LogP) is 4.34. The van der Waals surface area contributed by atoms with Gasteiger partial charge in [0.1, 0.15) is 5.82 Å². The standard InChI is InChI=1S/C15H14F3N/c1-11-7-8-13(9-14(11)16)19-10-15(17,18)12-5-3-2-4-6-12/h2-9,19H,10H2,1H3. The Morgan fingerprint density at radius 2 is 1.74 bits per heavy atom. The second-order valence-electron chi connectivity index (χ2n) is 4.39. The fourth-order valence-electron chi connectivity index (χ4n) is 1.70. The molecule has 0 amide bonds. The van der Waals surface area contributed by atoms with Gasteiger partial charge < -0.3 is 5.32 Å². The van der Waals surface area contributed by atoms with Crippen molar-refractivity contribution >= 4 is 5.69 Å². The fourth-order valence-corrected chi connectivity index (χ4v) is 1.70. The molecule has 2 rings (SSSR count). The first-order valence-electron chi connectivity index (χ1n) is 5.92. The summed E-state index contributed by atoms with van der Waals surface area (Å²) in [6.45, 7) is 1.05. The Morgan fingerprint density at radius 1 is 1.05 bits per heavy atom. The summed E-state index contributed by atoms with van der Waals surface area (Å²) in [5.74, 6) is -3.41. The van der Waals surface area contributed by atoms with Gasteiger partial charge in [-0.25, -0.2) is 4.39 Å². The van der Waals surface area contributed by atoms with Crippen LogP contribution in [0.3, 0.4) is 0 Å². The number of rotatable bonds is 4. The van der Waals surface area contributed by atoms with E-state index in [0.29, 0.717) is 11.3 Å². The third kappa shape index (κ3) is 3.28. The van der Waals surface area contributed by atoms with Crippen molar-refractivity contribution in [2.75, 3.05) is 11.9 Å². The van der Waals surface area contributed by atoms with Gasteiger partial charge in [0.25, 0.3) is 5.92 Å². The Bertz CT molecular complexity index is 553. The summed E-state index contributed by atoms with van der Waals surface area (Å²) in [4.78, 5) is 0. The Morgan fingerprint density at radius 3 is 2.37 bits per heavy atom. The number of hydrogen-bond donors (Lipinski definition) is 1. The second-order valence-corrected chi connectivity index (χ2v) is 4.39. The smallest absolute Gasteiger partial charge is 0.290 e. The molecule has 100 valence electrons. The Kier molecular flexibility index (Phi) is 3.79. The fraction of sp³-hybridized carbons (Fsp3) is 0.200. The molecule has 0 unspecified atom stereocenters. The third-order valence-electron chi connectivity index (χ3n) is 2.88.